The fourth-order valence-electron chi connectivity index (χ4n) is 3.08. The van der Waals surface area contributed by atoms with Crippen LogP contribution in [0.25, 0.3) is 12.2 Å². The third-order valence-electron chi connectivity index (χ3n) is 4.58. The van der Waals surface area contributed by atoms with Crippen LogP contribution in [0.5, 0.6) is 17.2 Å². The Bertz CT molecular complexity index is 1060. The van der Waals surface area contributed by atoms with Crippen LogP contribution >= 0.6 is 0 Å². The van der Waals surface area contributed by atoms with Gasteiger partial charge in [0.15, 0.2) is 0 Å². The topological polar surface area (TPSA) is 186 Å². The number of rotatable bonds is 7. The molecule has 174 valence electrons. The van der Waals surface area contributed by atoms with Gasteiger partial charge in [-0.15, -0.1) is 0 Å². The summed E-state index contributed by atoms with van der Waals surface area (Å²) in [5.74, 6) is -0.0948. The van der Waals surface area contributed by atoms with Crippen LogP contribution in [0.4, 0.5) is 0 Å². The molecule has 0 bridgehead atoms. The largest absolute Gasteiger partial charge is 1.00 e. The summed E-state index contributed by atoms with van der Waals surface area (Å²) in [6.45, 7) is -0.785. The van der Waals surface area contributed by atoms with Gasteiger partial charge in [-0.25, -0.2) is 8.42 Å². The van der Waals surface area contributed by atoms with Crippen molar-refractivity contribution >= 4 is 22.6 Å². The maximum absolute atomic E-state index is 10.9. The molecule has 0 amide bonds. The number of hydrogen-bond acceptors (Lipinski definition) is 11. The Hall–Kier alpha value is -1.07. The number of phenols is 2. The molecule has 1 saturated heterocycles. The summed E-state index contributed by atoms with van der Waals surface area (Å²) in [4.78, 5) is 0. The molecule has 2 aromatic carbocycles. The summed E-state index contributed by atoms with van der Waals surface area (Å²) in [5, 5.41) is 49.1. The molecule has 0 radical (unpaired) electrons. The normalized spacial score (nSPS) is 25.5. The monoisotopic (exact) mass is 508 g/mol. The van der Waals surface area contributed by atoms with E-state index in [1.165, 1.54) is 30.3 Å². The van der Waals surface area contributed by atoms with E-state index in [4.69, 9.17) is 9.47 Å². The maximum atomic E-state index is 10.9. The molecule has 2 aromatic rings. The minimum absolute atomic E-state index is 0. The molecule has 1 fully saturated rings. The molecule has 0 unspecified atom stereocenters. The van der Waals surface area contributed by atoms with E-state index in [0.717, 1.165) is 5.56 Å². The van der Waals surface area contributed by atoms with Gasteiger partial charge in [-0.3, -0.25) is 4.18 Å². The second-order valence-corrected chi connectivity index (χ2v) is 7.99. The van der Waals surface area contributed by atoms with Crippen molar-refractivity contribution in [3.8, 4) is 17.2 Å². The second-order valence-electron chi connectivity index (χ2n) is 6.98. The zero-order chi connectivity index (χ0) is 23.5. The van der Waals surface area contributed by atoms with Gasteiger partial charge in [0.05, 0.1) is 6.61 Å². The maximum Gasteiger partial charge on any atom is 1.00 e. The van der Waals surface area contributed by atoms with Gasteiger partial charge in [-0.05, 0) is 35.4 Å². The van der Waals surface area contributed by atoms with Gasteiger partial charge in [-0.2, -0.15) is 0 Å². The molecule has 0 aromatic heterocycles. The summed E-state index contributed by atoms with van der Waals surface area (Å²) in [6, 6.07) is 10.4. The van der Waals surface area contributed by atoms with Gasteiger partial charge in [0.1, 0.15) is 41.7 Å². The van der Waals surface area contributed by atoms with E-state index < -0.39 is 47.7 Å². The fraction of sp³-hybridized carbons (Fsp3) is 0.300. The van der Waals surface area contributed by atoms with Gasteiger partial charge < -0.3 is 39.6 Å². The molecule has 5 N–H and O–H groups in total. The van der Waals surface area contributed by atoms with Crippen molar-refractivity contribution in [2.24, 2.45) is 0 Å². The number of aliphatic hydroxyl groups excluding tert-OH is 3. The summed E-state index contributed by atoms with van der Waals surface area (Å²) in [7, 11) is -5.29. The van der Waals surface area contributed by atoms with Crippen LogP contribution in [0.3, 0.4) is 0 Å². The summed E-state index contributed by atoms with van der Waals surface area (Å²) >= 11 is 0. The van der Waals surface area contributed by atoms with Crippen LogP contribution < -0.4 is 56.1 Å². The zero-order valence-corrected chi connectivity index (χ0v) is 21.3. The molecule has 33 heavy (non-hydrogen) atoms. The van der Waals surface area contributed by atoms with Crippen LogP contribution in [-0.4, -0.2) is 75.8 Å². The van der Waals surface area contributed by atoms with Gasteiger partial charge in [0.2, 0.25) is 16.7 Å². The first-order valence-corrected chi connectivity index (χ1v) is 10.6. The third kappa shape index (κ3) is 7.99. The van der Waals surface area contributed by atoms with Crippen molar-refractivity contribution in [1.29, 1.82) is 0 Å². The average molecular weight is 509 g/mol. The van der Waals surface area contributed by atoms with E-state index in [1.807, 2.05) is 0 Å². The van der Waals surface area contributed by atoms with E-state index in [1.54, 1.807) is 24.3 Å². The second kappa shape index (κ2) is 12.1. The van der Waals surface area contributed by atoms with Crippen LogP contribution in [-0.2, 0) is 19.3 Å². The van der Waals surface area contributed by atoms with Crippen LogP contribution in [0.2, 0.25) is 0 Å². The third-order valence-corrected chi connectivity index (χ3v) is 5.04. The van der Waals surface area contributed by atoms with Crippen molar-refractivity contribution in [2.75, 3.05) is 6.61 Å². The van der Waals surface area contributed by atoms with Crippen LogP contribution in [0.15, 0.2) is 42.5 Å². The number of ether oxygens (including phenoxy) is 2. The molecule has 5 atom stereocenters. The SMILES string of the molecule is O=S(=O)([O-])O[C@@H]1[C@@H](O)[C@H](Oc2cc(O)cc(/C=C\c3ccc(O)cc3)c2)O[C@H](CO)[C@H]1O.[K+]. The van der Waals surface area contributed by atoms with Gasteiger partial charge in [0, 0.05) is 6.07 Å². The first-order valence-electron chi connectivity index (χ1n) is 9.30. The van der Waals surface area contributed by atoms with Crippen molar-refractivity contribution in [3.05, 3.63) is 53.6 Å². The minimum Gasteiger partial charge on any atom is -0.726 e. The van der Waals surface area contributed by atoms with E-state index >= 15 is 0 Å². The molecule has 0 aliphatic carbocycles. The van der Waals surface area contributed by atoms with Crippen LogP contribution in [0.1, 0.15) is 11.1 Å². The zero-order valence-electron chi connectivity index (χ0n) is 17.4. The predicted molar refractivity (Wildman–Crippen MR) is 108 cm³/mol. The summed E-state index contributed by atoms with van der Waals surface area (Å²) < 4.78 is 47.8. The first-order chi connectivity index (χ1) is 15.1. The summed E-state index contributed by atoms with van der Waals surface area (Å²) in [6.07, 6.45) is -5.42. The molecule has 3 rings (SSSR count). The number of hydrogen-bond donors (Lipinski definition) is 5. The number of aliphatic hydroxyl groups is 3. The van der Waals surface area contributed by atoms with Gasteiger partial charge in [-0.1, -0.05) is 24.3 Å². The van der Waals surface area contributed by atoms with Crippen molar-refractivity contribution < 1.29 is 104 Å². The molecule has 0 spiro atoms. The molecule has 1 aliphatic rings. The number of aromatic hydroxyl groups is 2. The predicted octanol–water partition coefficient (Wildman–Crippen LogP) is -3.06. The van der Waals surface area contributed by atoms with Crippen molar-refractivity contribution in [1.82, 2.24) is 0 Å². The Kier molecular flexibility index (Phi) is 10.3. The van der Waals surface area contributed by atoms with E-state index in [-0.39, 0.29) is 68.6 Å². The van der Waals surface area contributed by atoms with Gasteiger partial charge in [0.25, 0.3) is 0 Å². The number of phenolic OH excluding ortho intramolecular Hbond substituents is 2. The minimum atomic E-state index is -5.29. The summed E-state index contributed by atoms with van der Waals surface area (Å²) in [5.41, 5.74) is 1.24. The van der Waals surface area contributed by atoms with E-state index in [0.29, 0.717) is 5.56 Å². The standard InChI is InChI=1S/C20H22O11S.K/c21-10-16-17(24)19(31-32(26,27)28)18(25)20(30-16)29-15-8-12(7-14(23)9-15)2-1-11-3-5-13(22)6-4-11;/h1-9,16-25H,10H2,(H,26,27,28);/q;+1/p-1/b2-1-;/t16-,17-,18-,19+,20-;/m1./s1. The Morgan fingerprint density at radius 2 is 1.61 bits per heavy atom. The van der Waals surface area contributed by atoms with Crippen LogP contribution in [0, 0.1) is 0 Å². The molecule has 11 nitrogen and oxygen atoms in total. The molecule has 1 heterocycles. The molecular formula is C20H21KO11S. The smallest absolute Gasteiger partial charge is 0.726 e. The Labute approximate surface area is 232 Å². The Morgan fingerprint density at radius 1 is 0.970 bits per heavy atom. The van der Waals surface area contributed by atoms with Crippen molar-refractivity contribution in [3.63, 3.8) is 0 Å². The number of benzene rings is 2. The molecule has 13 heteroatoms. The molecule has 0 saturated carbocycles. The van der Waals surface area contributed by atoms with E-state index in [9.17, 15) is 38.5 Å². The van der Waals surface area contributed by atoms with E-state index in [2.05, 4.69) is 4.18 Å². The molecule has 1 aliphatic heterocycles. The average Bonchev–Trinajstić information content (AvgIpc) is 2.72. The first kappa shape index (κ1) is 28.2. The van der Waals surface area contributed by atoms with Gasteiger partial charge >= 0.3 is 51.4 Å². The quantitative estimate of drug-likeness (QED) is 0.111. The van der Waals surface area contributed by atoms with Crippen molar-refractivity contribution in [2.45, 2.75) is 30.7 Å². The fourth-order valence-corrected chi connectivity index (χ4v) is 3.58. The molecular weight excluding hydrogens is 487 g/mol. The Balaban J connectivity index is 0.00000385. The Morgan fingerprint density at radius 3 is 2.21 bits per heavy atom.